The second kappa shape index (κ2) is 85.2. The van der Waals surface area contributed by atoms with Gasteiger partial charge in [0, 0.05) is 14.7 Å². The summed E-state index contributed by atoms with van der Waals surface area (Å²) in [6.45, 7) is 9.34. The van der Waals surface area contributed by atoms with Crippen LogP contribution in [-0.4, -0.2) is 17.3 Å². The Morgan fingerprint density at radius 2 is 0.289 bits per heavy atom. The van der Waals surface area contributed by atoms with Crippen molar-refractivity contribution in [1.82, 2.24) is 0 Å². The quantitative estimate of drug-likeness (QED) is 0.0471. The molecule has 0 heterocycles. The first kappa shape index (κ1) is 95.3. The Morgan fingerprint density at radius 3 is 0.443 bits per heavy atom. The first-order chi connectivity index (χ1) is 48.3. The van der Waals surface area contributed by atoms with Crippen LogP contribution in [0.15, 0.2) is 26.8 Å². The van der Waals surface area contributed by atoms with Crippen molar-refractivity contribution in [3.8, 4) is 0 Å². The van der Waals surface area contributed by atoms with Crippen LogP contribution < -0.4 is 0 Å². The number of rotatable bonds is 87. The molecule has 0 saturated heterocycles. The molecule has 0 radical (unpaired) electrons. The summed E-state index contributed by atoms with van der Waals surface area (Å²) < 4.78 is 0. The number of unbranched alkanes of at least 4 members (excludes halogenated alkanes) is 76. The Morgan fingerprint density at radius 1 is 0.155 bits per heavy atom. The Labute approximate surface area is 628 Å². The molecule has 0 unspecified atom stereocenters. The molecule has 0 fully saturated rings. The standard InChI is InChI=1S/C94H182S3/c1-5-9-13-16-19-22-25-28-31-34-37-40-43-46-49-52-55-58-61-64-67-70-73-76-79-82-86-95-92-89-91(85-12-8-4)90-93(96-87-83-80-77-74-71-68-65-62-59-56-53-50-47-44-41-38-35-32-29-26-23-20-17-14-10-6-2)94(92)97-88-84-81-78-75-72-69-66-63-60-57-54-51-48-45-42-39-36-33-30-27-24-21-18-15-11-7-3/h89-90H,5-88H2,1-4H3. The molecule has 576 valence electrons. The van der Waals surface area contributed by atoms with Crippen molar-refractivity contribution in [2.24, 2.45) is 0 Å². The minimum absolute atomic E-state index is 1.25. The van der Waals surface area contributed by atoms with Gasteiger partial charge in [-0.05, 0) is 67.1 Å². The first-order valence-electron chi connectivity index (χ1n) is 46.3. The van der Waals surface area contributed by atoms with E-state index < -0.39 is 0 Å². The van der Waals surface area contributed by atoms with Crippen molar-refractivity contribution in [2.45, 2.75) is 562 Å². The molecule has 0 atom stereocenters. The average molecular weight is 1410 g/mol. The zero-order valence-electron chi connectivity index (χ0n) is 67.8. The molecule has 0 bridgehead atoms. The van der Waals surface area contributed by atoms with Crippen molar-refractivity contribution in [1.29, 1.82) is 0 Å². The van der Waals surface area contributed by atoms with Crippen molar-refractivity contribution < 1.29 is 0 Å². The van der Waals surface area contributed by atoms with E-state index in [1.807, 2.05) is 0 Å². The molecule has 0 spiro atoms. The zero-order valence-corrected chi connectivity index (χ0v) is 70.2. The maximum absolute atomic E-state index is 2.66. The fourth-order valence-electron chi connectivity index (χ4n) is 15.3. The zero-order chi connectivity index (χ0) is 69.2. The summed E-state index contributed by atoms with van der Waals surface area (Å²) in [5.41, 5.74) is 1.62. The second-order valence-corrected chi connectivity index (χ2v) is 35.5. The Hall–Kier alpha value is 0.270. The SMILES string of the molecule is CCCCCCCCCCCCCCCCCCCCCCCCCCCCSc1cc(CCCC)cc(SCCCCCCCCCCCCCCCCCCCCCCCCCCCC)c1SCCCCCCCCCCCCCCCCCCCCCCCCCCCC. The predicted molar refractivity (Wildman–Crippen MR) is 454 cm³/mol. The third-order valence-corrected chi connectivity index (χ3v) is 25.9. The molecule has 0 aromatic heterocycles. The van der Waals surface area contributed by atoms with Crippen LogP contribution in [0.2, 0.25) is 0 Å². The van der Waals surface area contributed by atoms with Gasteiger partial charge in [-0.3, -0.25) is 0 Å². The normalized spacial score (nSPS) is 11.8. The molecule has 1 rings (SSSR count). The van der Waals surface area contributed by atoms with Gasteiger partial charge in [-0.1, -0.05) is 516 Å². The lowest BCUT2D eigenvalue weighted by molar-refractivity contribution is 0.516. The van der Waals surface area contributed by atoms with Crippen molar-refractivity contribution in [3.63, 3.8) is 0 Å². The van der Waals surface area contributed by atoms with Crippen LogP contribution in [0.5, 0.6) is 0 Å². The van der Waals surface area contributed by atoms with Crippen LogP contribution in [-0.2, 0) is 6.42 Å². The Kier molecular flexibility index (Phi) is 83.7. The van der Waals surface area contributed by atoms with Gasteiger partial charge in [-0.2, -0.15) is 0 Å². The highest BCUT2D eigenvalue weighted by Crippen LogP contribution is 2.42. The fraction of sp³-hybridized carbons (Fsp3) is 0.936. The summed E-state index contributed by atoms with van der Waals surface area (Å²) in [5, 5.41) is 0. The fourth-order valence-corrected chi connectivity index (χ4v) is 19.1. The van der Waals surface area contributed by atoms with Gasteiger partial charge in [-0.25, -0.2) is 0 Å². The van der Waals surface area contributed by atoms with Gasteiger partial charge in [-0.15, -0.1) is 35.3 Å². The third kappa shape index (κ3) is 74.4. The summed E-state index contributed by atoms with van der Waals surface area (Å²) in [6, 6.07) is 5.33. The van der Waals surface area contributed by atoms with E-state index in [9.17, 15) is 0 Å². The van der Waals surface area contributed by atoms with Crippen LogP contribution >= 0.6 is 35.3 Å². The molecule has 0 nitrogen and oxygen atoms in total. The van der Waals surface area contributed by atoms with E-state index in [1.165, 1.54) is 537 Å². The van der Waals surface area contributed by atoms with Crippen LogP contribution in [0.4, 0.5) is 0 Å². The minimum Gasteiger partial charge on any atom is -0.125 e. The Balaban J connectivity index is 2.36. The molecule has 3 heteroatoms. The molecule has 97 heavy (non-hydrogen) atoms. The predicted octanol–water partition coefficient (Wildman–Crippen LogP) is 36.8. The number of thioether (sulfide) groups is 3. The molecule has 0 amide bonds. The molecule has 1 aromatic rings. The van der Waals surface area contributed by atoms with Gasteiger partial charge >= 0.3 is 0 Å². The summed E-state index contributed by atoms with van der Waals surface area (Å²) in [7, 11) is 0. The van der Waals surface area contributed by atoms with Crippen LogP contribution in [0.25, 0.3) is 0 Å². The van der Waals surface area contributed by atoms with Gasteiger partial charge in [0.2, 0.25) is 0 Å². The molecule has 0 saturated carbocycles. The summed E-state index contributed by atoms with van der Waals surface area (Å²) in [6.07, 6.45) is 118. The van der Waals surface area contributed by atoms with Crippen LogP contribution in [0.3, 0.4) is 0 Å². The highest BCUT2D eigenvalue weighted by molar-refractivity contribution is 8.03. The van der Waals surface area contributed by atoms with E-state index in [-0.39, 0.29) is 0 Å². The molecule has 0 aliphatic heterocycles. The number of hydrogen-bond acceptors (Lipinski definition) is 3. The maximum Gasteiger partial charge on any atom is 0.0344 e. The largest absolute Gasteiger partial charge is 0.125 e. The minimum atomic E-state index is 1.25. The van der Waals surface area contributed by atoms with E-state index in [1.54, 1.807) is 20.2 Å². The van der Waals surface area contributed by atoms with Crippen LogP contribution in [0, 0.1) is 0 Å². The molecular formula is C94H182S3. The summed E-state index contributed by atoms with van der Waals surface area (Å²) in [4.78, 5) is 4.94. The molecular weight excluding hydrogens is 1230 g/mol. The Bertz CT molecular complexity index is 1490. The number of benzene rings is 1. The van der Waals surface area contributed by atoms with Gasteiger partial charge in [0.05, 0.1) is 0 Å². The van der Waals surface area contributed by atoms with Crippen LogP contribution in [0.1, 0.15) is 547 Å². The lowest BCUT2D eigenvalue weighted by Crippen LogP contribution is -1.95. The summed E-state index contributed by atoms with van der Waals surface area (Å²) in [5.74, 6) is 3.90. The van der Waals surface area contributed by atoms with E-state index in [2.05, 4.69) is 75.1 Å². The molecule has 0 N–H and O–H groups in total. The highest BCUT2D eigenvalue weighted by Gasteiger charge is 2.14. The molecule has 0 aliphatic rings. The van der Waals surface area contributed by atoms with Crippen molar-refractivity contribution in [2.75, 3.05) is 17.3 Å². The first-order valence-corrected chi connectivity index (χ1v) is 49.3. The van der Waals surface area contributed by atoms with E-state index in [0.717, 1.165) is 0 Å². The van der Waals surface area contributed by atoms with Gasteiger partial charge in [0.1, 0.15) is 0 Å². The monoisotopic (exact) mass is 1410 g/mol. The van der Waals surface area contributed by atoms with E-state index >= 15 is 0 Å². The number of hydrogen-bond donors (Lipinski definition) is 0. The van der Waals surface area contributed by atoms with Gasteiger partial charge < -0.3 is 0 Å². The van der Waals surface area contributed by atoms with E-state index in [0.29, 0.717) is 0 Å². The maximum atomic E-state index is 2.66. The topological polar surface area (TPSA) is 0 Å². The second-order valence-electron chi connectivity index (χ2n) is 32.1. The molecule has 0 aliphatic carbocycles. The van der Waals surface area contributed by atoms with Gasteiger partial charge in [0.25, 0.3) is 0 Å². The lowest BCUT2D eigenvalue weighted by Gasteiger charge is -2.17. The lowest BCUT2D eigenvalue weighted by atomic mass is 10.0. The van der Waals surface area contributed by atoms with Crippen molar-refractivity contribution >= 4 is 35.3 Å². The molecule has 1 aromatic carbocycles. The highest BCUT2D eigenvalue weighted by atomic mass is 32.2. The third-order valence-electron chi connectivity index (χ3n) is 22.2. The number of aryl methyl sites for hydroxylation is 1. The van der Waals surface area contributed by atoms with Crippen molar-refractivity contribution in [3.05, 3.63) is 17.7 Å². The van der Waals surface area contributed by atoms with E-state index in [4.69, 9.17) is 0 Å². The smallest absolute Gasteiger partial charge is 0.0344 e. The average Bonchev–Trinajstić information content (AvgIpc) is 0.847. The summed E-state index contributed by atoms with van der Waals surface area (Å²) >= 11 is 6.71. The van der Waals surface area contributed by atoms with Gasteiger partial charge in [0.15, 0.2) is 0 Å².